The fourth-order valence-corrected chi connectivity index (χ4v) is 3.17. The van der Waals surface area contributed by atoms with E-state index < -0.39 is 23.0 Å². The summed E-state index contributed by atoms with van der Waals surface area (Å²) in [5, 5.41) is 14.6. The first-order chi connectivity index (χ1) is 13.0. The lowest BCUT2D eigenvalue weighted by molar-refractivity contribution is -0.122. The Morgan fingerprint density at radius 2 is 1.96 bits per heavy atom. The van der Waals surface area contributed by atoms with Crippen LogP contribution in [-0.4, -0.2) is 15.7 Å². The van der Waals surface area contributed by atoms with Gasteiger partial charge in [-0.3, -0.25) is 10.1 Å². The topological polar surface area (TPSA) is 70.7 Å². The number of nitriles is 1. The maximum absolute atomic E-state index is 14.7. The van der Waals surface area contributed by atoms with E-state index in [0.29, 0.717) is 35.2 Å². The summed E-state index contributed by atoms with van der Waals surface area (Å²) in [5.41, 5.74) is 1.39. The second-order valence-electron chi connectivity index (χ2n) is 6.41. The smallest absolute Gasteiger partial charge is 0.243 e. The molecule has 1 amide bonds. The van der Waals surface area contributed by atoms with E-state index in [2.05, 4.69) is 16.6 Å². The van der Waals surface area contributed by atoms with Gasteiger partial charge in [0.25, 0.3) is 0 Å². The fourth-order valence-electron chi connectivity index (χ4n) is 3.17. The number of amides is 1. The average molecular weight is 363 g/mol. The van der Waals surface area contributed by atoms with E-state index in [1.165, 1.54) is 10.7 Å². The number of carbonyl (C=O) groups is 1. The first-order valence-electron chi connectivity index (χ1n) is 8.27. The molecular weight excluding hydrogens is 350 g/mol. The van der Waals surface area contributed by atoms with Crippen molar-refractivity contribution in [1.29, 1.82) is 5.26 Å². The van der Waals surface area contributed by atoms with Crippen molar-refractivity contribution < 1.29 is 13.6 Å². The number of hydrogen-bond donors (Lipinski definition) is 1. The maximum atomic E-state index is 14.7. The first kappa shape index (κ1) is 16.9. The van der Waals surface area contributed by atoms with Gasteiger partial charge >= 0.3 is 0 Å². The molecule has 5 nitrogen and oxygen atoms in total. The normalized spacial score (nSPS) is 14.4. The Bertz CT molecular complexity index is 1060. The molecule has 1 saturated carbocycles. The van der Waals surface area contributed by atoms with Crippen molar-refractivity contribution in [3.05, 3.63) is 72.1 Å². The van der Waals surface area contributed by atoms with E-state index in [1.54, 1.807) is 42.6 Å². The van der Waals surface area contributed by atoms with E-state index in [1.807, 2.05) is 0 Å². The lowest BCUT2D eigenvalue weighted by Gasteiger charge is -2.14. The van der Waals surface area contributed by atoms with Crippen LogP contribution in [0.1, 0.15) is 18.4 Å². The molecule has 1 aliphatic rings. The van der Waals surface area contributed by atoms with Crippen LogP contribution in [0.15, 0.2) is 48.7 Å². The molecule has 4 rings (SSSR count). The molecule has 3 aromatic rings. The van der Waals surface area contributed by atoms with Crippen LogP contribution in [0.2, 0.25) is 0 Å². The van der Waals surface area contributed by atoms with Crippen LogP contribution < -0.4 is 5.32 Å². The second-order valence-corrected chi connectivity index (χ2v) is 6.41. The van der Waals surface area contributed by atoms with Crippen molar-refractivity contribution in [3.8, 4) is 23.0 Å². The monoisotopic (exact) mass is 363 g/mol. The molecule has 0 aliphatic heterocycles. The summed E-state index contributed by atoms with van der Waals surface area (Å²) >= 11 is 0. The lowest BCUT2D eigenvalue weighted by Crippen LogP contribution is -2.31. The number of nitrogens with one attached hydrogen (secondary N) is 1. The van der Waals surface area contributed by atoms with Crippen molar-refractivity contribution in [2.75, 3.05) is 0 Å². The Hall–Kier alpha value is -3.53. The van der Waals surface area contributed by atoms with Gasteiger partial charge in [0.1, 0.15) is 12.0 Å². The summed E-state index contributed by atoms with van der Waals surface area (Å²) in [7, 11) is 0. The highest BCUT2D eigenvalue weighted by Crippen LogP contribution is 2.49. The molecule has 0 unspecified atom stereocenters. The molecule has 0 spiro atoms. The Balaban J connectivity index is 1.62. The summed E-state index contributed by atoms with van der Waals surface area (Å²) in [6.07, 6.45) is 6.28. The summed E-state index contributed by atoms with van der Waals surface area (Å²) in [4.78, 5) is 12.1. The molecule has 1 radical (unpaired) electrons. The van der Waals surface area contributed by atoms with E-state index in [0.717, 1.165) is 6.20 Å². The fraction of sp³-hybridized carbons (Fsp3) is 0.150. The predicted octanol–water partition coefficient (Wildman–Crippen LogP) is 3.25. The summed E-state index contributed by atoms with van der Waals surface area (Å²) < 4.78 is 29.0. The van der Waals surface area contributed by atoms with Crippen LogP contribution in [0, 0.1) is 29.3 Å². The van der Waals surface area contributed by atoms with Crippen molar-refractivity contribution in [3.63, 3.8) is 0 Å². The average Bonchev–Trinajstić information content (AvgIpc) is 3.38. The zero-order chi connectivity index (χ0) is 19.0. The Kier molecular flexibility index (Phi) is 3.96. The van der Waals surface area contributed by atoms with Gasteiger partial charge in [0, 0.05) is 5.56 Å². The van der Waals surface area contributed by atoms with Gasteiger partial charge in [-0.25, -0.2) is 13.5 Å². The Morgan fingerprint density at radius 3 is 2.52 bits per heavy atom. The number of carbonyl (C=O) groups excluding carboxylic acids is 1. The predicted molar refractivity (Wildman–Crippen MR) is 92.4 cm³/mol. The zero-order valence-corrected chi connectivity index (χ0v) is 14.0. The number of rotatable bonds is 4. The van der Waals surface area contributed by atoms with E-state index in [4.69, 9.17) is 5.26 Å². The van der Waals surface area contributed by atoms with Gasteiger partial charge in [-0.05, 0) is 42.2 Å². The van der Waals surface area contributed by atoms with E-state index in [9.17, 15) is 13.6 Å². The largest absolute Gasteiger partial charge is 0.273 e. The van der Waals surface area contributed by atoms with E-state index >= 15 is 0 Å². The second kappa shape index (κ2) is 6.32. The van der Waals surface area contributed by atoms with Gasteiger partial charge in [-0.15, -0.1) is 0 Å². The minimum atomic E-state index is -0.807. The van der Waals surface area contributed by atoms with Crippen molar-refractivity contribution in [2.24, 2.45) is 0 Å². The number of hydrogen-bond acceptors (Lipinski definition) is 3. The molecule has 1 aromatic heterocycles. The molecule has 0 saturated heterocycles. The van der Waals surface area contributed by atoms with Gasteiger partial charge in [0.05, 0.1) is 17.3 Å². The number of nitrogens with zero attached hydrogens (tertiary/aromatic N) is 3. The molecule has 1 heterocycles. The van der Waals surface area contributed by atoms with Crippen molar-refractivity contribution in [2.45, 2.75) is 18.3 Å². The van der Waals surface area contributed by atoms with Crippen LogP contribution in [0.5, 0.6) is 0 Å². The third-order valence-corrected chi connectivity index (χ3v) is 4.80. The highest BCUT2D eigenvalue weighted by molar-refractivity contribution is 5.92. The standard InChI is InChI=1S/C20H13F2N4O/c21-15-10-25-26(11-15)16-4-1-13(2-5-16)17-6-3-14(9-18(17)22)20(7-8-20)19(27)24-12-23/h1-6,9-10H,7-8H2,(H,24,27). The lowest BCUT2D eigenvalue weighted by atomic mass is 9.92. The molecule has 2 aromatic carbocycles. The Labute approximate surface area is 153 Å². The van der Waals surface area contributed by atoms with Crippen molar-refractivity contribution in [1.82, 2.24) is 15.1 Å². The molecule has 0 bridgehead atoms. The molecular formula is C20H13F2N4O. The first-order valence-corrected chi connectivity index (χ1v) is 8.27. The van der Waals surface area contributed by atoms with Crippen LogP contribution in [0.4, 0.5) is 8.78 Å². The number of halogens is 2. The molecule has 133 valence electrons. The molecule has 7 heteroatoms. The zero-order valence-electron chi connectivity index (χ0n) is 14.0. The molecule has 0 atom stereocenters. The van der Waals surface area contributed by atoms with Crippen LogP contribution >= 0.6 is 0 Å². The molecule has 1 aliphatic carbocycles. The summed E-state index contributed by atoms with van der Waals surface area (Å²) in [6.45, 7) is 0. The van der Waals surface area contributed by atoms with Crippen LogP contribution in [-0.2, 0) is 10.2 Å². The maximum Gasteiger partial charge on any atom is 0.243 e. The minimum Gasteiger partial charge on any atom is -0.273 e. The summed E-state index contributed by atoms with van der Waals surface area (Å²) in [6, 6.07) is 11.5. The van der Waals surface area contributed by atoms with E-state index in [-0.39, 0.29) is 0 Å². The van der Waals surface area contributed by atoms with Crippen LogP contribution in [0.3, 0.4) is 0 Å². The van der Waals surface area contributed by atoms with Gasteiger partial charge < -0.3 is 0 Å². The third kappa shape index (κ3) is 2.95. The Morgan fingerprint density at radius 1 is 1.22 bits per heavy atom. The SMILES string of the molecule is N#CNC(=O)C1(c2ccc(-c3ccc(-n4[c]c(F)cn4)cc3)c(F)c2)CC1. The van der Waals surface area contributed by atoms with Gasteiger partial charge in [-0.2, -0.15) is 10.4 Å². The quantitative estimate of drug-likeness (QED) is 0.571. The number of benzene rings is 2. The van der Waals surface area contributed by atoms with Gasteiger partial charge in [-0.1, -0.05) is 24.3 Å². The highest BCUT2D eigenvalue weighted by atomic mass is 19.1. The van der Waals surface area contributed by atoms with Crippen LogP contribution in [0.25, 0.3) is 16.8 Å². The molecule has 1 fully saturated rings. The van der Waals surface area contributed by atoms with Crippen molar-refractivity contribution >= 4 is 5.91 Å². The number of aromatic nitrogens is 2. The molecule has 27 heavy (non-hydrogen) atoms. The van der Waals surface area contributed by atoms with Gasteiger partial charge in [0.15, 0.2) is 12.0 Å². The highest BCUT2D eigenvalue weighted by Gasteiger charge is 2.51. The minimum absolute atomic E-state index is 0.386. The van der Waals surface area contributed by atoms with Gasteiger partial charge in [0.2, 0.25) is 5.91 Å². The third-order valence-electron chi connectivity index (χ3n) is 4.80. The summed E-state index contributed by atoms with van der Waals surface area (Å²) in [5.74, 6) is -1.41. The molecule has 1 N–H and O–H groups in total.